The molecule has 0 spiro atoms. The zero-order valence-electron chi connectivity index (χ0n) is 9.56. The van der Waals surface area contributed by atoms with Gasteiger partial charge in [-0.15, -0.1) is 0 Å². The predicted molar refractivity (Wildman–Crippen MR) is 81.6 cm³/mol. The highest BCUT2D eigenvalue weighted by molar-refractivity contribution is 9.10. The van der Waals surface area contributed by atoms with Crippen molar-refractivity contribution in [3.05, 3.63) is 58.3 Å². The van der Waals surface area contributed by atoms with Crippen LogP contribution in [0, 0.1) is 0 Å². The van der Waals surface area contributed by atoms with Gasteiger partial charge in [-0.2, -0.15) is 0 Å². The van der Waals surface area contributed by atoms with E-state index in [1.807, 2.05) is 36.4 Å². The molecule has 0 amide bonds. The van der Waals surface area contributed by atoms with Gasteiger partial charge in [0.1, 0.15) is 10.7 Å². The van der Waals surface area contributed by atoms with Crippen LogP contribution in [0.25, 0.3) is 0 Å². The molecule has 1 aromatic carbocycles. The maximum Gasteiger partial charge on any atom is 0.124 e. The summed E-state index contributed by atoms with van der Waals surface area (Å²) in [6, 6.07) is 11.9. The normalized spacial score (nSPS) is 10.1. The van der Waals surface area contributed by atoms with E-state index in [-0.39, 0.29) is 0 Å². The van der Waals surface area contributed by atoms with Gasteiger partial charge in [-0.3, -0.25) is 4.98 Å². The highest BCUT2D eigenvalue weighted by Gasteiger charge is 2.05. The van der Waals surface area contributed by atoms with E-state index >= 15 is 0 Å². The number of rotatable bonds is 4. The van der Waals surface area contributed by atoms with Crippen molar-refractivity contribution in [1.29, 1.82) is 0 Å². The number of aromatic nitrogens is 1. The van der Waals surface area contributed by atoms with Crippen molar-refractivity contribution < 1.29 is 0 Å². The first-order valence-electron chi connectivity index (χ1n) is 5.40. The van der Waals surface area contributed by atoms with Crippen LogP contribution in [0.1, 0.15) is 11.3 Å². The van der Waals surface area contributed by atoms with Crippen LogP contribution in [-0.2, 0) is 6.54 Å². The van der Waals surface area contributed by atoms with Crippen LogP contribution in [0.4, 0.5) is 5.69 Å². The molecule has 5 heteroatoms. The molecular formula is C13H12BrN3S. The number of nitrogens with two attached hydrogens (primary N) is 1. The van der Waals surface area contributed by atoms with Gasteiger partial charge in [0, 0.05) is 17.2 Å². The van der Waals surface area contributed by atoms with Gasteiger partial charge >= 0.3 is 0 Å². The van der Waals surface area contributed by atoms with E-state index in [2.05, 4.69) is 26.2 Å². The maximum atomic E-state index is 5.63. The molecule has 18 heavy (non-hydrogen) atoms. The summed E-state index contributed by atoms with van der Waals surface area (Å²) in [7, 11) is 0. The van der Waals surface area contributed by atoms with Gasteiger partial charge in [0.25, 0.3) is 0 Å². The minimum Gasteiger partial charge on any atom is -0.388 e. The van der Waals surface area contributed by atoms with Crippen molar-refractivity contribution in [2.24, 2.45) is 5.73 Å². The molecule has 3 nitrogen and oxygen atoms in total. The molecule has 0 aliphatic heterocycles. The summed E-state index contributed by atoms with van der Waals surface area (Å²) in [5, 5.41) is 3.29. The van der Waals surface area contributed by atoms with Gasteiger partial charge in [0.15, 0.2) is 0 Å². The average Bonchev–Trinajstić information content (AvgIpc) is 2.38. The standard InChI is InChI=1S/C13H12BrN3S/c14-10-5-3-9(4-6-10)8-17-11-2-1-7-16-12(11)13(15)18/h1-7,17H,8H2,(H2,15,18). The van der Waals surface area contributed by atoms with Crippen molar-refractivity contribution >= 4 is 38.8 Å². The molecule has 2 aromatic rings. The van der Waals surface area contributed by atoms with Gasteiger partial charge in [0.05, 0.1) is 5.69 Å². The second-order valence-corrected chi connectivity index (χ2v) is 5.10. The first-order chi connectivity index (χ1) is 8.66. The fourth-order valence-electron chi connectivity index (χ4n) is 1.54. The van der Waals surface area contributed by atoms with Gasteiger partial charge in [-0.05, 0) is 29.8 Å². The Labute approximate surface area is 120 Å². The zero-order chi connectivity index (χ0) is 13.0. The average molecular weight is 322 g/mol. The lowest BCUT2D eigenvalue weighted by atomic mass is 10.2. The van der Waals surface area contributed by atoms with Crippen molar-refractivity contribution in [2.75, 3.05) is 5.32 Å². The number of nitrogens with one attached hydrogen (secondary N) is 1. The Balaban J connectivity index is 2.10. The SMILES string of the molecule is NC(=S)c1ncccc1NCc1ccc(Br)cc1. The Morgan fingerprint density at radius 1 is 1.28 bits per heavy atom. The van der Waals surface area contributed by atoms with Crippen molar-refractivity contribution in [3.63, 3.8) is 0 Å². The molecule has 1 heterocycles. The van der Waals surface area contributed by atoms with Crippen LogP contribution >= 0.6 is 28.1 Å². The number of pyridine rings is 1. The molecule has 0 atom stereocenters. The summed E-state index contributed by atoms with van der Waals surface area (Å²) in [6.45, 7) is 0.703. The summed E-state index contributed by atoms with van der Waals surface area (Å²) < 4.78 is 1.07. The third-order valence-corrected chi connectivity index (χ3v) is 3.16. The summed E-state index contributed by atoms with van der Waals surface area (Å²) in [5.41, 5.74) is 8.29. The van der Waals surface area contributed by atoms with Gasteiger partial charge in [0.2, 0.25) is 0 Å². The molecule has 0 bridgehead atoms. The Kier molecular flexibility index (Phi) is 4.28. The minimum atomic E-state index is 0.300. The van der Waals surface area contributed by atoms with E-state index in [1.165, 1.54) is 5.56 Å². The molecule has 0 aliphatic rings. The summed E-state index contributed by atoms with van der Waals surface area (Å²) in [5.74, 6) is 0. The molecule has 0 unspecified atom stereocenters. The first-order valence-corrected chi connectivity index (χ1v) is 6.60. The second-order valence-electron chi connectivity index (χ2n) is 3.74. The third-order valence-electron chi connectivity index (χ3n) is 2.44. The molecule has 2 rings (SSSR count). The van der Waals surface area contributed by atoms with Crippen LogP contribution in [-0.4, -0.2) is 9.97 Å². The number of hydrogen-bond donors (Lipinski definition) is 2. The molecule has 0 saturated heterocycles. The van der Waals surface area contributed by atoms with E-state index < -0.39 is 0 Å². The minimum absolute atomic E-state index is 0.300. The van der Waals surface area contributed by atoms with E-state index in [9.17, 15) is 0 Å². The Morgan fingerprint density at radius 2 is 2.00 bits per heavy atom. The number of anilines is 1. The van der Waals surface area contributed by atoms with Gasteiger partial charge in [-0.1, -0.05) is 40.3 Å². The van der Waals surface area contributed by atoms with Crippen LogP contribution < -0.4 is 11.1 Å². The van der Waals surface area contributed by atoms with Crippen molar-refractivity contribution in [3.8, 4) is 0 Å². The van der Waals surface area contributed by atoms with E-state index in [0.717, 1.165) is 10.2 Å². The first kappa shape index (κ1) is 13.0. The second kappa shape index (κ2) is 5.93. The van der Waals surface area contributed by atoms with E-state index in [1.54, 1.807) is 6.20 Å². The zero-order valence-corrected chi connectivity index (χ0v) is 12.0. The number of benzene rings is 1. The molecule has 0 fully saturated rings. The largest absolute Gasteiger partial charge is 0.388 e. The Morgan fingerprint density at radius 3 is 2.67 bits per heavy atom. The summed E-state index contributed by atoms with van der Waals surface area (Å²) in [4.78, 5) is 4.47. The van der Waals surface area contributed by atoms with Crippen LogP contribution in [0.3, 0.4) is 0 Å². The van der Waals surface area contributed by atoms with E-state index in [0.29, 0.717) is 17.2 Å². The number of hydrogen-bond acceptors (Lipinski definition) is 3. The van der Waals surface area contributed by atoms with Crippen LogP contribution in [0.15, 0.2) is 47.1 Å². The number of thiocarbonyl (C=S) groups is 1. The lowest BCUT2D eigenvalue weighted by Crippen LogP contribution is -2.15. The quantitative estimate of drug-likeness (QED) is 0.850. The molecule has 92 valence electrons. The topological polar surface area (TPSA) is 50.9 Å². The van der Waals surface area contributed by atoms with Crippen LogP contribution in [0.2, 0.25) is 0 Å². The fraction of sp³-hybridized carbons (Fsp3) is 0.0769. The molecule has 3 N–H and O–H groups in total. The Hall–Kier alpha value is -1.46. The van der Waals surface area contributed by atoms with Crippen molar-refractivity contribution in [2.45, 2.75) is 6.54 Å². The van der Waals surface area contributed by atoms with Crippen LogP contribution in [0.5, 0.6) is 0 Å². The number of nitrogens with zero attached hydrogens (tertiary/aromatic N) is 1. The molecule has 0 aliphatic carbocycles. The van der Waals surface area contributed by atoms with Gasteiger partial charge in [-0.25, -0.2) is 0 Å². The summed E-state index contributed by atoms with van der Waals surface area (Å²) >= 11 is 8.37. The summed E-state index contributed by atoms with van der Waals surface area (Å²) in [6.07, 6.45) is 1.68. The lowest BCUT2D eigenvalue weighted by molar-refractivity contribution is 1.13. The third kappa shape index (κ3) is 3.27. The van der Waals surface area contributed by atoms with Crippen molar-refractivity contribution in [1.82, 2.24) is 4.98 Å². The fourth-order valence-corrected chi connectivity index (χ4v) is 1.97. The number of halogens is 1. The van der Waals surface area contributed by atoms with E-state index in [4.69, 9.17) is 18.0 Å². The monoisotopic (exact) mass is 321 g/mol. The lowest BCUT2D eigenvalue weighted by Gasteiger charge is -2.10. The maximum absolute atomic E-state index is 5.63. The highest BCUT2D eigenvalue weighted by atomic mass is 79.9. The van der Waals surface area contributed by atoms with Gasteiger partial charge < -0.3 is 11.1 Å². The smallest absolute Gasteiger partial charge is 0.124 e. The molecule has 0 saturated carbocycles. The molecule has 1 aromatic heterocycles. The predicted octanol–water partition coefficient (Wildman–Crippen LogP) is 3.09. The highest BCUT2D eigenvalue weighted by Crippen LogP contribution is 2.15. The Bertz CT molecular complexity index is 554. The molecular weight excluding hydrogens is 310 g/mol. The molecule has 0 radical (unpaired) electrons.